The van der Waals surface area contributed by atoms with E-state index in [2.05, 4.69) is 31.6 Å². The highest BCUT2D eigenvalue weighted by Crippen LogP contribution is 2.32. The van der Waals surface area contributed by atoms with Crippen LogP contribution in [0.25, 0.3) is 10.6 Å². The van der Waals surface area contributed by atoms with Crippen molar-refractivity contribution in [3.63, 3.8) is 0 Å². The van der Waals surface area contributed by atoms with Crippen molar-refractivity contribution in [1.29, 1.82) is 0 Å². The number of benzene rings is 1. The highest BCUT2D eigenvalue weighted by atomic mass is 79.9. The summed E-state index contributed by atoms with van der Waals surface area (Å²) in [5.41, 5.74) is 2.10. The van der Waals surface area contributed by atoms with Crippen molar-refractivity contribution in [2.24, 2.45) is 0 Å². The molecule has 2 nitrogen and oxygen atoms in total. The fourth-order valence-electron chi connectivity index (χ4n) is 1.71. The third-order valence-electron chi connectivity index (χ3n) is 2.86. The summed E-state index contributed by atoms with van der Waals surface area (Å²) in [7, 11) is 0. The van der Waals surface area contributed by atoms with Crippen LogP contribution in [0.15, 0.2) is 28.1 Å². The van der Waals surface area contributed by atoms with Crippen molar-refractivity contribution in [2.75, 3.05) is 0 Å². The summed E-state index contributed by atoms with van der Waals surface area (Å²) in [6.45, 7) is 0.856. The molecule has 18 heavy (non-hydrogen) atoms. The molecule has 0 unspecified atom stereocenters. The summed E-state index contributed by atoms with van der Waals surface area (Å²) in [5, 5.41) is 7.29. The zero-order chi connectivity index (χ0) is 12.5. The van der Waals surface area contributed by atoms with Crippen LogP contribution in [-0.2, 0) is 6.54 Å². The molecular formula is C13H12BrClN2S. The van der Waals surface area contributed by atoms with Gasteiger partial charge in [0.05, 0.1) is 10.7 Å². The van der Waals surface area contributed by atoms with Crippen molar-refractivity contribution >= 4 is 38.9 Å². The molecule has 1 aliphatic rings. The minimum atomic E-state index is 0.714. The summed E-state index contributed by atoms with van der Waals surface area (Å²) >= 11 is 11.3. The van der Waals surface area contributed by atoms with Crippen LogP contribution < -0.4 is 5.32 Å². The molecule has 0 bridgehead atoms. The van der Waals surface area contributed by atoms with Crippen LogP contribution in [-0.4, -0.2) is 11.0 Å². The molecule has 94 valence electrons. The Bertz CT molecular complexity index is 566. The van der Waals surface area contributed by atoms with E-state index >= 15 is 0 Å². The zero-order valence-corrected chi connectivity index (χ0v) is 12.8. The van der Waals surface area contributed by atoms with Gasteiger partial charge in [-0.15, -0.1) is 11.3 Å². The first-order chi connectivity index (χ1) is 8.72. The third kappa shape index (κ3) is 2.94. The minimum Gasteiger partial charge on any atom is -0.308 e. The number of hydrogen-bond donors (Lipinski definition) is 1. The van der Waals surface area contributed by atoms with E-state index in [0.29, 0.717) is 6.04 Å². The monoisotopic (exact) mass is 342 g/mol. The smallest absolute Gasteiger partial charge is 0.125 e. The Kier molecular flexibility index (Phi) is 3.71. The van der Waals surface area contributed by atoms with Gasteiger partial charge in [0, 0.05) is 28.0 Å². The van der Waals surface area contributed by atoms with Crippen molar-refractivity contribution in [3.05, 3.63) is 38.8 Å². The molecule has 0 spiro atoms. The first-order valence-corrected chi connectivity index (χ1v) is 7.90. The fourth-order valence-corrected chi connectivity index (χ4v) is 3.39. The van der Waals surface area contributed by atoms with Crippen molar-refractivity contribution < 1.29 is 0 Å². The van der Waals surface area contributed by atoms with E-state index in [1.165, 1.54) is 12.8 Å². The fraction of sp³-hybridized carbons (Fsp3) is 0.308. The summed E-state index contributed by atoms with van der Waals surface area (Å²) < 4.78 is 0.989. The second-order valence-electron chi connectivity index (χ2n) is 4.42. The molecule has 2 aromatic rings. The zero-order valence-electron chi connectivity index (χ0n) is 9.62. The highest BCUT2D eigenvalue weighted by Gasteiger charge is 2.20. The second kappa shape index (κ2) is 5.29. The lowest BCUT2D eigenvalue weighted by molar-refractivity contribution is 0.678. The Labute approximate surface area is 124 Å². The summed E-state index contributed by atoms with van der Waals surface area (Å²) in [6.07, 6.45) is 2.60. The molecule has 0 aliphatic heterocycles. The van der Waals surface area contributed by atoms with Crippen LogP contribution in [0.1, 0.15) is 18.5 Å². The molecule has 0 radical (unpaired) electrons. The molecule has 1 fully saturated rings. The van der Waals surface area contributed by atoms with E-state index in [4.69, 9.17) is 11.6 Å². The molecule has 0 amide bonds. The molecule has 1 aromatic heterocycles. The Morgan fingerprint density at radius 3 is 3.00 bits per heavy atom. The average Bonchev–Trinajstić information content (AvgIpc) is 3.05. The van der Waals surface area contributed by atoms with Gasteiger partial charge in [-0.2, -0.15) is 0 Å². The lowest BCUT2D eigenvalue weighted by Crippen LogP contribution is -2.15. The topological polar surface area (TPSA) is 24.9 Å². The van der Waals surface area contributed by atoms with Gasteiger partial charge in [-0.25, -0.2) is 4.98 Å². The first-order valence-electron chi connectivity index (χ1n) is 5.85. The average molecular weight is 344 g/mol. The molecule has 1 saturated carbocycles. The van der Waals surface area contributed by atoms with Gasteiger partial charge in [-0.3, -0.25) is 0 Å². The van der Waals surface area contributed by atoms with Gasteiger partial charge in [-0.05, 0) is 31.0 Å². The summed E-state index contributed by atoms with van der Waals surface area (Å²) in [4.78, 5) is 4.63. The van der Waals surface area contributed by atoms with Crippen molar-refractivity contribution in [2.45, 2.75) is 25.4 Å². The number of hydrogen-bond acceptors (Lipinski definition) is 3. The van der Waals surface area contributed by atoms with E-state index in [0.717, 1.165) is 32.3 Å². The number of nitrogens with one attached hydrogen (secondary N) is 1. The van der Waals surface area contributed by atoms with Gasteiger partial charge in [0.15, 0.2) is 0 Å². The summed E-state index contributed by atoms with van der Waals surface area (Å²) in [5.74, 6) is 0. The highest BCUT2D eigenvalue weighted by molar-refractivity contribution is 9.10. The van der Waals surface area contributed by atoms with Gasteiger partial charge in [0.2, 0.25) is 0 Å². The quantitative estimate of drug-likeness (QED) is 0.885. The van der Waals surface area contributed by atoms with E-state index in [9.17, 15) is 0 Å². The van der Waals surface area contributed by atoms with Crippen molar-refractivity contribution in [3.8, 4) is 10.6 Å². The SMILES string of the molecule is Clc1cc(Br)ccc1-c1nc(CNC2CC2)cs1. The van der Waals surface area contributed by atoms with Gasteiger partial charge < -0.3 is 5.32 Å². The maximum atomic E-state index is 6.23. The molecule has 0 atom stereocenters. The number of halogens is 2. The lowest BCUT2D eigenvalue weighted by Gasteiger charge is -2.01. The number of thiazole rings is 1. The molecule has 1 heterocycles. The molecule has 5 heteroatoms. The van der Waals surface area contributed by atoms with Crippen LogP contribution >= 0.6 is 38.9 Å². The van der Waals surface area contributed by atoms with E-state index in [-0.39, 0.29) is 0 Å². The number of aromatic nitrogens is 1. The standard InChI is InChI=1S/C13H12BrClN2S/c14-8-1-4-11(12(15)5-8)13-17-10(7-18-13)6-16-9-2-3-9/h1,4-5,7,9,16H,2-3,6H2. The van der Waals surface area contributed by atoms with Crippen LogP contribution in [0, 0.1) is 0 Å². The number of nitrogens with zero attached hydrogens (tertiary/aromatic N) is 1. The Balaban J connectivity index is 1.78. The Morgan fingerprint density at radius 2 is 2.28 bits per heavy atom. The predicted octanol–water partition coefficient (Wildman–Crippen LogP) is 4.48. The number of rotatable bonds is 4. The van der Waals surface area contributed by atoms with Crippen molar-refractivity contribution in [1.82, 2.24) is 10.3 Å². The molecule has 0 saturated heterocycles. The maximum absolute atomic E-state index is 6.23. The van der Waals surface area contributed by atoms with Crippen LogP contribution in [0.2, 0.25) is 5.02 Å². The van der Waals surface area contributed by atoms with Gasteiger partial charge in [-0.1, -0.05) is 27.5 Å². The second-order valence-corrected chi connectivity index (χ2v) is 6.60. The maximum Gasteiger partial charge on any atom is 0.125 e. The van der Waals surface area contributed by atoms with E-state index in [1.807, 2.05) is 18.2 Å². The third-order valence-corrected chi connectivity index (χ3v) is 4.59. The molecule has 1 aliphatic carbocycles. The predicted molar refractivity (Wildman–Crippen MR) is 80.1 cm³/mol. The summed E-state index contributed by atoms with van der Waals surface area (Å²) in [6, 6.07) is 6.61. The van der Waals surface area contributed by atoms with Crippen LogP contribution in [0.3, 0.4) is 0 Å². The van der Waals surface area contributed by atoms with Crippen LogP contribution in [0.5, 0.6) is 0 Å². The normalized spacial score (nSPS) is 15.0. The molecular weight excluding hydrogens is 332 g/mol. The Hall–Kier alpha value is -0.420. The first kappa shape index (κ1) is 12.6. The van der Waals surface area contributed by atoms with E-state index < -0.39 is 0 Å². The molecule has 3 rings (SSSR count). The van der Waals surface area contributed by atoms with Gasteiger partial charge in [0.1, 0.15) is 5.01 Å². The largest absolute Gasteiger partial charge is 0.308 e. The molecule has 1 aromatic carbocycles. The van der Waals surface area contributed by atoms with Gasteiger partial charge >= 0.3 is 0 Å². The molecule has 1 N–H and O–H groups in total. The van der Waals surface area contributed by atoms with Crippen LogP contribution in [0.4, 0.5) is 0 Å². The Morgan fingerprint density at radius 1 is 1.44 bits per heavy atom. The minimum absolute atomic E-state index is 0.714. The van der Waals surface area contributed by atoms with E-state index in [1.54, 1.807) is 11.3 Å². The van der Waals surface area contributed by atoms with Gasteiger partial charge in [0.25, 0.3) is 0 Å². The lowest BCUT2D eigenvalue weighted by atomic mass is 10.2.